The van der Waals surface area contributed by atoms with Crippen LogP contribution in [0.2, 0.25) is 0 Å². The maximum Gasteiger partial charge on any atom is 0.419 e. The van der Waals surface area contributed by atoms with Crippen molar-refractivity contribution in [2.75, 3.05) is 12.3 Å². The van der Waals surface area contributed by atoms with Gasteiger partial charge in [0.2, 0.25) is 5.95 Å². The quantitative estimate of drug-likeness (QED) is 0.724. The predicted molar refractivity (Wildman–Crippen MR) is 73.3 cm³/mol. The fourth-order valence-electron chi connectivity index (χ4n) is 1.37. The number of nitrogen functional groups attached to an aromatic ring is 1. The van der Waals surface area contributed by atoms with Crippen LogP contribution in [-0.2, 0) is 6.18 Å². The van der Waals surface area contributed by atoms with Gasteiger partial charge in [-0.3, -0.25) is 4.99 Å². The van der Waals surface area contributed by atoms with Crippen LogP contribution in [0.15, 0.2) is 17.4 Å². The summed E-state index contributed by atoms with van der Waals surface area (Å²) in [6.07, 6.45) is -2.02. The van der Waals surface area contributed by atoms with Crippen LogP contribution in [0.3, 0.4) is 0 Å². The Labute approximate surface area is 119 Å². The Hall–Kier alpha value is -2.16. The molecule has 1 aromatic rings. The second-order valence-corrected chi connectivity index (χ2v) is 4.89. The van der Waals surface area contributed by atoms with Crippen LogP contribution in [0.25, 0.3) is 5.57 Å². The number of nitrogens with zero attached hydrogens (tertiary/aromatic N) is 3. The topological polar surface area (TPSA) is 110 Å². The summed E-state index contributed by atoms with van der Waals surface area (Å²) in [4.78, 5) is 10.8. The zero-order valence-electron chi connectivity index (χ0n) is 11.5. The molecule has 0 aliphatic carbocycles. The lowest BCUT2D eigenvalue weighted by atomic mass is 10.1. The van der Waals surface area contributed by atoms with E-state index in [-0.39, 0.29) is 18.1 Å². The highest BCUT2D eigenvalue weighted by atomic mass is 19.4. The van der Waals surface area contributed by atoms with E-state index < -0.39 is 23.0 Å². The summed E-state index contributed by atoms with van der Waals surface area (Å²) in [6, 6.07) is 0. The average molecular weight is 303 g/mol. The lowest BCUT2D eigenvalue weighted by molar-refractivity contribution is -0.138. The number of halogens is 3. The van der Waals surface area contributed by atoms with Gasteiger partial charge in [-0.1, -0.05) is 0 Å². The highest BCUT2D eigenvalue weighted by Gasteiger charge is 2.35. The number of allylic oxidation sites excluding steroid dienone is 1. The summed E-state index contributed by atoms with van der Waals surface area (Å²) in [7, 11) is 0. The molecule has 0 unspecified atom stereocenters. The largest absolute Gasteiger partial charge is 0.419 e. The van der Waals surface area contributed by atoms with E-state index in [2.05, 4.69) is 15.0 Å². The molecular formula is C12H16F3N5O. The van der Waals surface area contributed by atoms with Crippen molar-refractivity contribution in [1.29, 1.82) is 0 Å². The monoisotopic (exact) mass is 303 g/mol. The minimum Gasteiger partial charge on any atom is -0.404 e. The smallest absolute Gasteiger partial charge is 0.404 e. The maximum absolute atomic E-state index is 12.9. The summed E-state index contributed by atoms with van der Waals surface area (Å²) in [6.45, 7) is 3.02. The molecule has 0 aliphatic heterocycles. The van der Waals surface area contributed by atoms with Crippen molar-refractivity contribution in [2.24, 2.45) is 10.7 Å². The number of rotatable bonds is 4. The van der Waals surface area contributed by atoms with E-state index in [4.69, 9.17) is 11.5 Å². The van der Waals surface area contributed by atoms with E-state index >= 15 is 0 Å². The first-order valence-electron chi connectivity index (χ1n) is 5.89. The van der Waals surface area contributed by atoms with E-state index in [9.17, 15) is 18.3 Å². The van der Waals surface area contributed by atoms with Crippen molar-refractivity contribution in [3.63, 3.8) is 0 Å². The Morgan fingerprint density at radius 3 is 2.52 bits per heavy atom. The van der Waals surface area contributed by atoms with E-state index in [1.54, 1.807) is 0 Å². The Balaban J connectivity index is 3.20. The maximum atomic E-state index is 12.9. The fourth-order valence-corrected chi connectivity index (χ4v) is 1.37. The molecule has 5 N–H and O–H groups in total. The second kappa shape index (κ2) is 6.08. The molecule has 0 saturated heterocycles. The molecule has 9 heteroatoms. The molecule has 1 rings (SSSR count). The second-order valence-electron chi connectivity index (χ2n) is 4.89. The molecule has 0 atom stereocenters. The van der Waals surface area contributed by atoms with Gasteiger partial charge < -0.3 is 16.6 Å². The van der Waals surface area contributed by atoms with Crippen LogP contribution in [0.5, 0.6) is 0 Å². The molecule has 0 radical (unpaired) electrons. The fraction of sp³-hybridized carbons (Fsp3) is 0.417. The number of aliphatic hydroxyl groups is 1. The van der Waals surface area contributed by atoms with Gasteiger partial charge in [0.1, 0.15) is 5.56 Å². The lowest BCUT2D eigenvalue weighted by Gasteiger charge is -2.14. The van der Waals surface area contributed by atoms with Crippen molar-refractivity contribution in [3.8, 4) is 0 Å². The van der Waals surface area contributed by atoms with Crippen LogP contribution >= 0.6 is 0 Å². The van der Waals surface area contributed by atoms with Crippen molar-refractivity contribution >= 4 is 17.7 Å². The molecule has 0 bridgehead atoms. The number of aliphatic imine (C=N–C) groups is 1. The van der Waals surface area contributed by atoms with Crippen LogP contribution in [0, 0.1) is 0 Å². The van der Waals surface area contributed by atoms with Gasteiger partial charge in [0.15, 0.2) is 0 Å². The Bertz CT molecular complexity index is 561. The molecule has 21 heavy (non-hydrogen) atoms. The van der Waals surface area contributed by atoms with Gasteiger partial charge in [0, 0.05) is 24.2 Å². The van der Waals surface area contributed by atoms with Gasteiger partial charge in [-0.05, 0) is 13.8 Å². The zero-order valence-corrected chi connectivity index (χ0v) is 11.5. The molecule has 116 valence electrons. The minimum atomic E-state index is -4.65. The normalized spacial score (nSPS) is 13.9. The number of nitrogens with two attached hydrogens (primary N) is 2. The predicted octanol–water partition coefficient (Wildman–Crippen LogP) is 1.22. The van der Waals surface area contributed by atoms with Crippen molar-refractivity contribution < 1.29 is 18.3 Å². The molecule has 0 fully saturated rings. The van der Waals surface area contributed by atoms with Gasteiger partial charge in [-0.25, -0.2) is 9.97 Å². The molecule has 0 aromatic carbocycles. The third-order valence-corrected chi connectivity index (χ3v) is 2.27. The third-order valence-electron chi connectivity index (χ3n) is 2.27. The number of alkyl halides is 3. The van der Waals surface area contributed by atoms with E-state index in [0.29, 0.717) is 6.20 Å². The number of anilines is 1. The highest BCUT2D eigenvalue weighted by molar-refractivity contribution is 6.09. The molecule has 1 aromatic heterocycles. The number of hydrogen-bond donors (Lipinski definition) is 3. The first-order chi connectivity index (χ1) is 9.54. The molecule has 0 amide bonds. The summed E-state index contributed by atoms with van der Waals surface area (Å²) < 4.78 is 38.7. The molecule has 0 aliphatic rings. The first kappa shape index (κ1) is 16.9. The van der Waals surface area contributed by atoms with Gasteiger partial charge in [-0.2, -0.15) is 13.2 Å². The summed E-state index contributed by atoms with van der Waals surface area (Å²) in [5, 5.41) is 9.51. The number of hydrogen-bond acceptors (Lipinski definition) is 6. The summed E-state index contributed by atoms with van der Waals surface area (Å²) in [5.74, 6) is -0.312. The van der Waals surface area contributed by atoms with Crippen LogP contribution in [-0.4, -0.2) is 33.4 Å². The zero-order chi connectivity index (χ0) is 16.3. The summed E-state index contributed by atoms with van der Waals surface area (Å²) in [5.41, 5.74) is 7.97. The Kier molecular flexibility index (Phi) is 4.89. The van der Waals surface area contributed by atoms with E-state index in [1.807, 2.05) is 0 Å². The van der Waals surface area contributed by atoms with E-state index in [0.717, 1.165) is 12.4 Å². The molecular weight excluding hydrogens is 287 g/mol. The van der Waals surface area contributed by atoms with Crippen molar-refractivity contribution in [3.05, 3.63) is 23.7 Å². The van der Waals surface area contributed by atoms with Gasteiger partial charge in [0.25, 0.3) is 0 Å². The number of aromatic nitrogens is 2. The highest BCUT2D eigenvalue weighted by Crippen LogP contribution is 2.33. The van der Waals surface area contributed by atoms with Crippen LogP contribution in [0.1, 0.15) is 25.1 Å². The molecule has 0 spiro atoms. The van der Waals surface area contributed by atoms with Gasteiger partial charge in [-0.15, -0.1) is 0 Å². The lowest BCUT2D eigenvalue weighted by Crippen LogP contribution is -2.22. The van der Waals surface area contributed by atoms with E-state index in [1.165, 1.54) is 13.8 Å². The van der Waals surface area contributed by atoms with Gasteiger partial charge in [0.05, 0.1) is 17.8 Å². The van der Waals surface area contributed by atoms with Crippen molar-refractivity contribution in [1.82, 2.24) is 9.97 Å². The van der Waals surface area contributed by atoms with Crippen LogP contribution < -0.4 is 11.5 Å². The molecule has 0 saturated carbocycles. The standard InChI is InChI=1S/C12H16F3N5O/c1-11(2,21)6-18-4-7(3-16)9-8(12(13,14)15)5-19-10(17)20-9/h3-5,21H,6,16H2,1-2H3,(H2,17,19,20)/b7-3+,18-4?. The summed E-state index contributed by atoms with van der Waals surface area (Å²) >= 11 is 0. The van der Waals surface area contributed by atoms with Crippen molar-refractivity contribution in [2.45, 2.75) is 25.6 Å². The Morgan fingerprint density at radius 2 is 2.05 bits per heavy atom. The molecule has 1 heterocycles. The van der Waals surface area contributed by atoms with Gasteiger partial charge >= 0.3 is 6.18 Å². The third kappa shape index (κ3) is 5.03. The average Bonchev–Trinajstić information content (AvgIpc) is 2.31. The Morgan fingerprint density at radius 1 is 1.43 bits per heavy atom. The molecule has 6 nitrogen and oxygen atoms in total. The SMILES string of the molecule is CC(C)(O)CN=C/C(=C\N)c1nc(N)ncc1C(F)(F)F. The first-order valence-corrected chi connectivity index (χ1v) is 5.89. The minimum absolute atomic E-state index is 0.00768. The van der Waals surface area contributed by atoms with Crippen LogP contribution in [0.4, 0.5) is 19.1 Å².